The summed E-state index contributed by atoms with van der Waals surface area (Å²) < 4.78 is 0. The van der Waals surface area contributed by atoms with Gasteiger partial charge in [-0.3, -0.25) is 0 Å². The fourth-order valence-electron chi connectivity index (χ4n) is 3.36. The average Bonchev–Trinajstić information content (AvgIpc) is 3.12. The minimum absolute atomic E-state index is 0.705. The number of hydrogen-bond donors (Lipinski definition) is 1. The minimum atomic E-state index is 0.705. The molecule has 0 aromatic heterocycles. The van der Waals surface area contributed by atoms with Gasteiger partial charge < -0.3 is 10.2 Å². The lowest BCUT2D eigenvalue weighted by atomic mass is 9.78. The van der Waals surface area contributed by atoms with Crippen molar-refractivity contribution in [1.29, 1.82) is 0 Å². The third kappa shape index (κ3) is 2.20. The third-order valence-corrected chi connectivity index (χ3v) is 4.76. The van der Waals surface area contributed by atoms with Crippen LogP contribution < -0.4 is 5.32 Å². The second-order valence-corrected chi connectivity index (χ2v) is 6.06. The number of nitrogens with zero attached hydrogens (tertiary/aromatic N) is 1. The van der Waals surface area contributed by atoms with E-state index in [-0.39, 0.29) is 0 Å². The summed E-state index contributed by atoms with van der Waals surface area (Å²) in [6.07, 6.45) is 11.1. The Balaban J connectivity index is 1.64. The number of rotatable bonds is 1. The van der Waals surface area contributed by atoms with Crippen molar-refractivity contribution in [2.24, 2.45) is 5.92 Å². The van der Waals surface area contributed by atoms with Gasteiger partial charge in [0.25, 0.3) is 0 Å². The second kappa shape index (κ2) is 4.52. The van der Waals surface area contributed by atoms with E-state index < -0.39 is 0 Å². The fourth-order valence-corrected chi connectivity index (χ4v) is 3.76. The van der Waals surface area contributed by atoms with Crippen LogP contribution in [0.15, 0.2) is 0 Å². The van der Waals surface area contributed by atoms with E-state index in [1.807, 2.05) is 0 Å². The van der Waals surface area contributed by atoms with Crippen molar-refractivity contribution >= 4 is 17.3 Å². The van der Waals surface area contributed by atoms with Gasteiger partial charge in [0.1, 0.15) is 0 Å². The van der Waals surface area contributed by atoms with Crippen molar-refractivity contribution in [3.8, 4) is 0 Å². The number of nitrogens with one attached hydrogen (secondary N) is 1. The summed E-state index contributed by atoms with van der Waals surface area (Å²) in [6, 6.07) is 1.47. The van der Waals surface area contributed by atoms with Gasteiger partial charge in [0.05, 0.1) is 0 Å². The van der Waals surface area contributed by atoms with E-state index in [1.165, 1.54) is 57.9 Å². The lowest BCUT2D eigenvalue weighted by Crippen LogP contribution is -2.53. The quantitative estimate of drug-likeness (QED) is 0.707. The van der Waals surface area contributed by atoms with Crippen LogP contribution in [0.3, 0.4) is 0 Å². The standard InChI is InChI=1S/C13H22N2S/c16-13(14-11-7-8-11)15-9-3-5-10-4-1-2-6-12(10)15/h10-12H,1-9H2,(H,14,16)/t10-,12-/m1/s1. The van der Waals surface area contributed by atoms with E-state index in [0.29, 0.717) is 6.04 Å². The predicted octanol–water partition coefficient (Wildman–Crippen LogP) is 2.68. The lowest BCUT2D eigenvalue weighted by molar-refractivity contribution is 0.118. The molecule has 0 amide bonds. The highest BCUT2D eigenvalue weighted by molar-refractivity contribution is 7.80. The average molecular weight is 238 g/mol. The Hall–Kier alpha value is -0.310. The Labute approximate surface area is 104 Å². The Morgan fingerprint density at radius 2 is 1.75 bits per heavy atom. The summed E-state index contributed by atoms with van der Waals surface area (Å²) in [4.78, 5) is 2.51. The molecular weight excluding hydrogens is 216 g/mol. The molecule has 1 aliphatic heterocycles. The molecule has 1 saturated heterocycles. The molecule has 3 heteroatoms. The van der Waals surface area contributed by atoms with E-state index in [2.05, 4.69) is 10.2 Å². The van der Waals surface area contributed by atoms with Gasteiger partial charge in [0, 0.05) is 18.6 Å². The molecule has 0 spiro atoms. The highest BCUT2D eigenvalue weighted by Gasteiger charge is 2.35. The van der Waals surface area contributed by atoms with Gasteiger partial charge in [0.15, 0.2) is 5.11 Å². The third-order valence-electron chi connectivity index (χ3n) is 4.41. The summed E-state index contributed by atoms with van der Waals surface area (Å²) in [7, 11) is 0. The van der Waals surface area contributed by atoms with Crippen LogP contribution in [0, 0.1) is 5.92 Å². The van der Waals surface area contributed by atoms with Crippen LogP contribution in [0.5, 0.6) is 0 Å². The molecule has 3 aliphatic rings. The van der Waals surface area contributed by atoms with Gasteiger partial charge in [-0.1, -0.05) is 12.8 Å². The molecule has 2 aliphatic carbocycles. The highest BCUT2D eigenvalue weighted by Crippen LogP contribution is 2.35. The highest BCUT2D eigenvalue weighted by atomic mass is 32.1. The molecule has 1 N–H and O–H groups in total. The van der Waals surface area contributed by atoms with E-state index >= 15 is 0 Å². The molecule has 3 rings (SSSR count). The maximum Gasteiger partial charge on any atom is 0.169 e. The summed E-state index contributed by atoms with van der Waals surface area (Å²) >= 11 is 5.57. The van der Waals surface area contributed by atoms with Gasteiger partial charge in [-0.25, -0.2) is 0 Å². The van der Waals surface area contributed by atoms with Gasteiger partial charge in [0.2, 0.25) is 0 Å². The van der Waals surface area contributed by atoms with Crippen molar-refractivity contribution in [3.05, 3.63) is 0 Å². The van der Waals surface area contributed by atoms with Gasteiger partial charge >= 0.3 is 0 Å². The molecule has 0 aromatic rings. The summed E-state index contributed by atoms with van der Waals surface area (Å²) in [6.45, 7) is 1.19. The minimum Gasteiger partial charge on any atom is -0.360 e. The molecule has 2 nitrogen and oxygen atoms in total. The summed E-state index contributed by atoms with van der Waals surface area (Å²) in [5.74, 6) is 0.932. The number of fused-ring (bicyclic) bond motifs is 1. The number of piperidine rings is 1. The Morgan fingerprint density at radius 3 is 2.56 bits per heavy atom. The summed E-state index contributed by atoms with van der Waals surface area (Å²) in [5, 5.41) is 4.57. The molecule has 16 heavy (non-hydrogen) atoms. The molecule has 2 atom stereocenters. The SMILES string of the molecule is S=C(NC1CC1)N1CCC[C@H]2CCCC[C@H]21. The first-order valence-electron chi connectivity index (χ1n) is 6.92. The Bertz CT molecular complexity index is 273. The van der Waals surface area contributed by atoms with E-state index in [9.17, 15) is 0 Å². The topological polar surface area (TPSA) is 15.3 Å². The maximum atomic E-state index is 5.57. The Kier molecular flexibility index (Phi) is 3.05. The normalized spacial score (nSPS) is 34.4. The van der Waals surface area contributed by atoms with E-state index in [0.717, 1.165) is 17.1 Å². The molecule has 2 saturated carbocycles. The number of thiocarbonyl (C=S) groups is 1. The molecule has 90 valence electrons. The molecule has 0 unspecified atom stereocenters. The smallest absolute Gasteiger partial charge is 0.169 e. The molecule has 0 aromatic carbocycles. The van der Waals surface area contributed by atoms with Crippen molar-refractivity contribution < 1.29 is 0 Å². The second-order valence-electron chi connectivity index (χ2n) is 5.67. The molecule has 0 radical (unpaired) electrons. The molecular formula is C13H22N2S. The van der Waals surface area contributed by atoms with Gasteiger partial charge in [-0.2, -0.15) is 0 Å². The zero-order valence-electron chi connectivity index (χ0n) is 9.95. The predicted molar refractivity (Wildman–Crippen MR) is 70.4 cm³/mol. The van der Waals surface area contributed by atoms with Crippen LogP contribution in [0.2, 0.25) is 0 Å². The maximum absolute atomic E-state index is 5.57. The monoisotopic (exact) mass is 238 g/mol. The first-order chi connectivity index (χ1) is 7.84. The van der Waals surface area contributed by atoms with Crippen molar-refractivity contribution in [3.63, 3.8) is 0 Å². The van der Waals surface area contributed by atoms with Crippen LogP contribution in [0.4, 0.5) is 0 Å². The van der Waals surface area contributed by atoms with Crippen molar-refractivity contribution in [2.75, 3.05) is 6.54 Å². The molecule has 1 heterocycles. The summed E-state index contributed by atoms with van der Waals surface area (Å²) in [5.41, 5.74) is 0. The first-order valence-corrected chi connectivity index (χ1v) is 7.32. The van der Waals surface area contributed by atoms with Gasteiger partial charge in [-0.15, -0.1) is 0 Å². The largest absolute Gasteiger partial charge is 0.360 e. The molecule has 0 bridgehead atoms. The van der Waals surface area contributed by atoms with Crippen LogP contribution >= 0.6 is 12.2 Å². The van der Waals surface area contributed by atoms with Crippen LogP contribution in [0.25, 0.3) is 0 Å². The fraction of sp³-hybridized carbons (Fsp3) is 0.923. The first kappa shape index (κ1) is 10.8. The molecule has 3 fully saturated rings. The van der Waals surface area contributed by atoms with Crippen LogP contribution in [-0.2, 0) is 0 Å². The number of likely N-dealkylation sites (tertiary alicyclic amines) is 1. The zero-order chi connectivity index (χ0) is 11.0. The van der Waals surface area contributed by atoms with Crippen LogP contribution in [-0.4, -0.2) is 28.6 Å². The Morgan fingerprint density at radius 1 is 1.00 bits per heavy atom. The lowest BCUT2D eigenvalue weighted by Gasteiger charge is -2.45. The van der Waals surface area contributed by atoms with Crippen molar-refractivity contribution in [2.45, 2.75) is 63.5 Å². The number of hydrogen-bond acceptors (Lipinski definition) is 1. The van der Waals surface area contributed by atoms with Gasteiger partial charge in [-0.05, 0) is 56.7 Å². The van der Waals surface area contributed by atoms with E-state index in [1.54, 1.807) is 0 Å². The zero-order valence-corrected chi connectivity index (χ0v) is 10.8. The van der Waals surface area contributed by atoms with Crippen molar-refractivity contribution in [1.82, 2.24) is 10.2 Å². The van der Waals surface area contributed by atoms with Crippen LogP contribution in [0.1, 0.15) is 51.4 Å². The van der Waals surface area contributed by atoms with E-state index in [4.69, 9.17) is 12.2 Å².